The molecule has 1 spiro atoms. The summed E-state index contributed by atoms with van der Waals surface area (Å²) in [6.45, 7) is 2.63. The maximum atomic E-state index is 14.1. The van der Waals surface area contributed by atoms with Crippen molar-refractivity contribution >= 4 is 38.9 Å². The lowest BCUT2D eigenvalue weighted by atomic mass is 9.60. The standard InChI is InChI=1S/C26H22ClN3O5S/c1-13-2-4-16(5-3-13)36(33,34)30-11-14-7-9-28-21-18(14)23(30)24(32)22-19(21)26-8-6-17(31)20(27)25(26)35-12-15(10-26)29-22/h2-6,8,11,15,20,25,29H,7,9-10,12H2,1H3/t15-,20-,25-,26-/m0/s1. The minimum atomic E-state index is -4.03. The molecule has 1 saturated heterocycles. The van der Waals surface area contributed by atoms with Crippen LogP contribution in [-0.2, 0) is 26.0 Å². The predicted octanol–water partition coefficient (Wildman–Crippen LogP) is 2.32. The third-order valence-corrected chi connectivity index (χ3v) is 10.0. The van der Waals surface area contributed by atoms with Crippen LogP contribution in [0.25, 0.3) is 0 Å². The van der Waals surface area contributed by atoms with Crippen molar-refractivity contribution in [3.05, 3.63) is 76.3 Å². The average molecular weight is 524 g/mol. The summed E-state index contributed by atoms with van der Waals surface area (Å²) in [7, 11) is -4.03. The highest BCUT2D eigenvalue weighted by atomic mass is 35.5. The number of benzene rings is 1. The fourth-order valence-electron chi connectivity index (χ4n) is 6.28. The number of aryl methyl sites for hydroxylation is 1. The number of halogens is 1. The monoisotopic (exact) mass is 523 g/mol. The molecule has 4 atom stereocenters. The van der Waals surface area contributed by atoms with Gasteiger partial charge in [-0.2, -0.15) is 0 Å². The maximum absolute atomic E-state index is 14.1. The van der Waals surface area contributed by atoms with Crippen LogP contribution in [0.15, 0.2) is 63.8 Å². The van der Waals surface area contributed by atoms with Crippen LogP contribution in [-0.4, -0.2) is 60.3 Å². The van der Waals surface area contributed by atoms with E-state index in [1.54, 1.807) is 30.5 Å². The number of fused-ring (bicyclic) bond motifs is 2. The molecule has 2 bridgehead atoms. The van der Waals surface area contributed by atoms with Crippen LogP contribution in [0, 0.1) is 12.3 Å². The molecule has 2 aromatic rings. The molecule has 8 nitrogen and oxygen atoms in total. The third-order valence-electron chi connectivity index (χ3n) is 7.91. The van der Waals surface area contributed by atoms with Gasteiger partial charge in [-0.05, 0) is 43.5 Å². The van der Waals surface area contributed by atoms with Crippen molar-refractivity contribution in [3.63, 3.8) is 0 Å². The van der Waals surface area contributed by atoms with E-state index < -0.39 is 32.7 Å². The Balaban J connectivity index is 1.47. The van der Waals surface area contributed by atoms with Gasteiger partial charge in [0.05, 0.1) is 35.1 Å². The van der Waals surface area contributed by atoms with Gasteiger partial charge in [0.15, 0.2) is 5.78 Å². The van der Waals surface area contributed by atoms with Crippen molar-refractivity contribution < 1.29 is 22.7 Å². The number of carbonyl (C=O) groups excluding carboxylic acids is 2. The summed E-state index contributed by atoms with van der Waals surface area (Å²) in [5.41, 5.74) is 3.11. The van der Waals surface area contributed by atoms with Crippen molar-refractivity contribution in [2.75, 3.05) is 13.2 Å². The van der Waals surface area contributed by atoms with Crippen LogP contribution in [0.2, 0.25) is 0 Å². The number of hydrogen-bond donors (Lipinski definition) is 1. The average Bonchev–Trinajstić information content (AvgIpc) is 3.27. The van der Waals surface area contributed by atoms with Crippen molar-refractivity contribution in [3.8, 4) is 0 Å². The smallest absolute Gasteiger partial charge is 0.268 e. The fraction of sp³-hybridized carbons (Fsp3) is 0.346. The van der Waals surface area contributed by atoms with Gasteiger partial charge in [-0.15, -0.1) is 11.6 Å². The van der Waals surface area contributed by atoms with E-state index in [1.807, 2.05) is 13.0 Å². The summed E-state index contributed by atoms with van der Waals surface area (Å²) in [6, 6.07) is 6.39. The lowest BCUT2D eigenvalue weighted by Crippen LogP contribution is -2.62. The number of ketones is 2. The third kappa shape index (κ3) is 2.73. The summed E-state index contributed by atoms with van der Waals surface area (Å²) >= 11 is 6.55. The lowest BCUT2D eigenvalue weighted by Gasteiger charge is -2.54. The van der Waals surface area contributed by atoms with Crippen molar-refractivity contribution in [1.29, 1.82) is 0 Å². The summed E-state index contributed by atoms with van der Waals surface area (Å²) in [4.78, 5) is 31.5. The largest absolute Gasteiger partial charge is 0.376 e. The zero-order chi connectivity index (χ0) is 25.0. The Morgan fingerprint density at radius 2 is 2.00 bits per heavy atom. The molecular weight excluding hydrogens is 502 g/mol. The number of aromatic nitrogens is 1. The normalized spacial score (nSPS) is 30.3. The first-order chi connectivity index (χ1) is 17.2. The van der Waals surface area contributed by atoms with Gasteiger partial charge in [0.2, 0.25) is 5.78 Å². The van der Waals surface area contributed by atoms with E-state index in [-0.39, 0.29) is 29.0 Å². The second-order valence-electron chi connectivity index (χ2n) is 10.0. The minimum absolute atomic E-state index is 0.0994. The molecule has 1 aromatic carbocycles. The Kier molecular flexibility index (Phi) is 4.49. The molecule has 1 fully saturated rings. The number of ether oxygens (including phenoxy) is 1. The summed E-state index contributed by atoms with van der Waals surface area (Å²) in [5.74, 6) is -0.625. The van der Waals surface area contributed by atoms with E-state index in [0.29, 0.717) is 41.9 Å². The number of nitrogens with zero attached hydrogens (tertiary/aromatic N) is 2. The number of aliphatic imine (C=N–C) groups is 1. The predicted molar refractivity (Wildman–Crippen MR) is 132 cm³/mol. The molecule has 10 heteroatoms. The van der Waals surface area contributed by atoms with Crippen LogP contribution in [0.4, 0.5) is 0 Å². The topological polar surface area (TPSA) is 107 Å². The molecule has 7 rings (SSSR count). The van der Waals surface area contributed by atoms with E-state index in [1.165, 1.54) is 6.08 Å². The Hall–Kier alpha value is -3.01. The molecule has 1 aromatic heterocycles. The van der Waals surface area contributed by atoms with E-state index in [9.17, 15) is 18.0 Å². The van der Waals surface area contributed by atoms with Crippen LogP contribution in [0.5, 0.6) is 0 Å². The SMILES string of the molecule is Cc1ccc(S(=O)(=O)n2cc3c4c2C(=O)C2=C(C4=NCC3)[C@@]34C=CC(=O)[C@H](Cl)[C@@H]3OC[C@H](C4)N2)cc1. The fourth-order valence-corrected chi connectivity index (χ4v) is 8.04. The Morgan fingerprint density at radius 3 is 2.78 bits per heavy atom. The Morgan fingerprint density at radius 1 is 1.22 bits per heavy atom. The zero-order valence-corrected chi connectivity index (χ0v) is 20.9. The van der Waals surface area contributed by atoms with Crippen molar-refractivity contribution in [2.24, 2.45) is 10.4 Å². The van der Waals surface area contributed by atoms with Crippen molar-refractivity contribution in [1.82, 2.24) is 9.29 Å². The number of alkyl halides is 1. The molecule has 0 saturated carbocycles. The first kappa shape index (κ1) is 22.2. The van der Waals surface area contributed by atoms with Crippen LogP contribution >= 0.6 is 11.6 Å². The highest BCUT2D eigenvalue weighted by Gasteiger charge is 2.59. The molecule has 3 aliphatic heterocycles. The minimum Gasteiger partial charge on any atom is -0.376 e. The number of rotatable bonds is 2. The number of allylic oxidation sites excluding steroid dienone is 2. The second kappa shape index (κ2) is 7.27. The summed E-state index contributed by atoms with van der Waals surface area (Å²) in [5, 5.41) is 2.43. The maximum Gasteiger partial charge on any atom is 0.268 e. The molecule has 184 valence electrons. The van der Waals surface area contributed by atoms with Crippen LogP contribution in [0.1, 0.15) is 33.6 Å². The van der Waals surface area contributed by atoms with Crippen LogP contribution in [0.3, 0.4) is 0 Å². The molecule has 2 aliphatic carbocycles. The van der Waals surface area contributed by atoms with Gasteiger partial charge in [0.25, 0.3) is 10.0 Å². The number of nitrogens with one attached hydrogen (secondary N) is 1. The van der Waals surface area contributed by atoms with E-state index in [0.717, 1.165) is 15.1 Å². The number of carbonyl (C=O) groups is 2. The van der Waals surface area contributed by atoms with Crippen LogP contribution < -0.4 is 5.32 Å². The van der Waals surface area contributed by atoms with Gasteiger partial charge < -0.3 is 10.1 Å². The highest BCUT2D eigenvalue weighted by molar-refractivity contribution is 7.90. The number of hydrogen-bond acceptors (Lipinski definition) is 7. The first-order valence-electron chi connectivity index (χ1n) is 11.9. The van der Waals surface area contributed by atoms with Gasteiger partial charge in [-0.3, -0.25) is 14.6 Å². The van der Waals surface area contributed by atoms with Gasteiger partial charge in [0, 0.05) is 29.3 Å². The zero-order valence-electron chi connectivity index (χ0n) is 19.3. The highest BCUT2D eigenvalue weighted by Crippen LogP contribution is 2.54. The first-order valence-corrected chi connectivity index (χ1v) is 13.8. The van der Waals surface area contributed by atoms with Crippen molar-refractivity contribution in [2.45, 2.75) is 42.2 Å². The molecular formula is C26H22ClN3O5S. The van der Waals surface area contributed by atoms with Gasteiger partial charge in [-0.1, -0.05) is 23.8 Å². The quantitative estimate of drug-likeness (QED) is 0.605. The molecule has 36 heavy (non-hydrogen) atoms. The molecule has 0 radical (unpaired) electrons. The van der Waals surface area contributed by atoms with Gasteiger partial charge in [-0.25, -0.2) is 12.4 Å². The molecule has 0 amide bonds. The second-order valence-corrected chi connectivity index (χ2v) is 12.3. The summed E-state index contributed by atoms with van der Waals surface area (Å²) in [6.07, 6.45) is 5.34. The molecule has 0 unspecified atom stereocenters. The van der Waals surface area contributed by atoms with Gasteiger partial charge >= 0.3 is 0 Å². The number of Topliss-reactive ketones (excluding diaryl/α,β-unsaturated/α-hetero) is 1. The molecule has 4 heterocycles. The van der Waals surface area contributed by atoms with E-state index in [4.69, 9.17) is 21.3 Å². The lowest BCUT2D eigenvalue weighted by molar-refractivity contribution is -0.124. The molecule has 1 N–H and O–H groups in total. The molecule has 5 aliphatic rings. The van der Waals surface area contributed by atoms with E-state index in [2.05, 4.69) is 5.32 Å². The van der Waals surface area contributed by atoms with E-state index >= 15 is 0 Å². The Bertz CT molecular complexity index is 1580. The summed E-state index contributed by atoms with van der Waals surface area (Å²) < 4.78 is 34.7. The Labute approximate surface area is 212 Å². The van der Waals surface area contributed by atoms with Gasteiger partial charge in [0.1, 0.15) is 11.1 Å².